The van der Waals surface area contributed by atoms with E-state index in [1.165, 1.54) is 0 Å². The van der Waals surface area contributed by atoms with Gasteiger partial charge in [-0.2, -0.15) is 0 Å². The lowest BCUT2D eigenvalue weighted by Gasteiger charge is -2.28. The van der Waals surface area contributed by atoms with Gasteiger partial charge >= 0.3 is 0 Å². The smallest absolute Gasteiger partial charge is 0.243 e. The molecule has 0 radical (unpaired) electrons. The summed E-state index contributed by atoms with van der Waals surface area (Å²) in [6.45, 7) is 14.6. The molecule has 16 rings (SSSR count). The van der Waals surface area contributed by atoms with E-state index in [9.17, 15) is 78.0 Å². The van der Waals surface area contributed by atoms with Gasteiger partial charge in [0.25, 0.3) is 0 Å². The number of ketones is 4. The van der Waals surface area contributed by atoms with Gasteiger partial charge in [0.1, 0.15) is 71.3 Å². The van der Waals surface area contributed by atoms with Crippen LogP contribution in [0.3, 0.4) is 0 Å². The Balaban J connectivity index is 0.000000164. The number of Topliss-reactive ketones (excluding diaryl/α,β-unsaturated/α-hetero) is 4. The summed E-state index contributed by atoms with van der Waals surface area (Å²) >= 11 is 0. The average molecular weight is 2020 g/mol. The van der Waals surface area contributed by atoms with Crippen LogP contribution in [0, 0.1) is 21.7 Å². The summed E-state index contributed by atoms with van der Waals surface area (Å²) in [4.78, 5) is 160. The monoisotopic (exact) mass is 2020 g/mol. The highest BCUT2D eigenvalue weighted by molar-refractivity contribution is 6.01. The van der Waals surface area contributed by atoms with Gasteiger partial charge in [-0.15, -0.1) is 0 Å². The molecule has 0 spiro atoms. The van der Waals surface area contributed by atoms with Gasteiger partial charge in [0, 0.05) is 47.3 Å². The Bertz CT molecular complexity index is 5400. The molecule has 8 fully saturated rings. The Labute approximate surface area is 860 Å². The number of carbonyl (C=O) groups excluding carboxylic acids is 12. The second-order valence-electron chi connectivity index (χ2n) is 42.4. The van der Waals surface area contributed by atoms with E-state index in [1.54, 1.807) is 97.7 Å². The van der Waals surface area contributed by atoms with E-state index in [-0.39, 0.29) is 48.8 Å². The van der Waals surface area contributed by atoms with E-state index in [0.29, 0.717) is 101 Å². The van der Waals surface area contributed by atoms with Crippen molar-refractivity contribution in [1.29, 1.82) is 0 Å². The molecule has 4 saturated carbocycles. The van der Waals surface area contributed by atoms with Crippen molar-refractivity contribution < 1.29 is 96.9 Å². The van der Waals surface area contributed by atoms with Crippen LogP contribution in [0.1, 0.15) is 170 Å². The van der Waals surface area contributed by atoms with Crippen molar-refractivity contribution in [3.05, 3.63) is 263 Å². The minimum Gasteiger partial charge on any atom is -0.497 e. The van der Waals surface area contributed by atoms with Crippen LogP contribution in [-0.4, -0.2) is 241 Å². The topological polar surface area (TPSA) is 467 Å². The second-order valence-corrected chi connectivity index (χ2v) is 42.4. The lowest BCUT2D eigenvalue weighted by atomic mass is 9.92. The van der Waals surface area contributed by atoms with E-state index >= 15 is 0 Å². The number of ether oxygens (including phenoxy) is 4. The molecule has 8 aromatic rings. The first-order chi connectivity index (χ1) is 70.1. The summed E-state index contributed by atoms with van der Waals surface area (Å²) in [7, 11) is 6.32. The third-order valence-electron chi connectivity index (χ3n) is 30.0. The lowest BCUT2D eigenvalue weighted by Crippen LogP contribution is -2.59. The zero-order valence-electron chi connectivity index (χ0n) is 86.1. The van der Waals surface area contributed by atoms with Crippen LogP contribution in [0.2, 0.25) is 0 Å². The minimum atomic E-state index is -1.21. The highest BCUT2D eigenvalue weighted by Crippen LogP contribution is 2.50. The number of nitrogens with one attached hydrogen (secondary N) is 12. The van der Waals surface area contributed by atoms with Crippen LogP contribution in [0.25, 0.3) is 0 Å². The fourth-order valence-electron chi connectivity index (χ4n) is 19.2. The van der Waals surface area contributed by atoms with E-state index in [4.69, 9.17) is 18.9 Å². The van der Waals surface area contributed by atoms with Gasteiger partial charge in [0.05, 0.1) is 75.5 Å². The molecule has 147 heavy (non-hydrogen) atoms. The van der Waals surface area contributed by atoms with Crippen LogP contribution in [0.15, 0.2) is 218 Å². The molecule has 0 aromatic heterocycles. The molecule has 786 valence electrons. The third kappa shape index (κ3) is 30.9. The van der Waals surface area contributed by atoms with Crippen molar-refractivity contribution >= 4 is 70.4 Å². The van der Waals surface area contributed by atoms with Crippen molar-refractivity contribution in [2.45, 2.75) is 272 Å². The van der Waals surface area contributed by atoms with Gasteiger partial charge in [-0.3, -0.25) is 57.5 Å². The van der Waals surface area contributed by atoms with Gasteiger partial charge < -0.3 is 103 Å². The van der Waals surface area contributed by atoms with Crippen molar-refractivity contribution in [1.82, 2.24) is 63.8 Å². The molecule has 4 saturated heterocycles. The van der Waals surface area contributed by atoms with Gasteiger partial charge in [-0.1, -0.05) is 198 Å². The van der Waals surface area contributed by atoms with Crippen LogP contribution >= 0.6 is 0 Å². The molecular weight excluding hydrogens is 1870 g/mol. The molecule has 4 aliphatic carbocycles. The molecule has 8 amide bonds. The first-order valence-corrected chi connectivity index (χ1v) is 51.2. The van der Waals surface area contributed by atoms with Crippen LogP contribution in [0.5, 0.6) is 23.0 Å². The maximum Gasteiger partial charge on any atom is 0.243 e. The zero-order chi connectivity index (χ0) is 106. The van der Waals surface area contributed by atoms with Crippen molar-refractivity contribution in [3.63, 3.8) is 0 Å². The number of amides is 8. The summed E-state index contributed by atoms with van der Waals surface area (Å²) in [6, 6.07) is 57.7. The number of hydrogen-bond donors (Lipinski definition) is 16. The maximum absolute atomic E-state index is 13.6. The van der Waals surface area contributed by atoms with E-state index in [2.05, 4.69) is 63.8 Å². The molecule has 32 nitrogen and oxygen atoms in total. The number of aliphatic hydroxyl groups excluding tert-OH is 1. The molecule has 32 heteroatoms. The SMILES string of the molecule is COc1ccc(C[C@H](NC(=O)[C@@H]2NCC[C@@]2(C)O)C(=O)N[C@@H](Cc2ccccc2)C(=O)C2(C)CC2)cc1.COc1ccc(C[C@H](NC(=O)[C@@H]2NCC[C@]2(C)O)C(=O)N[C@@H](Cc2ccccc2)C(=O)C2(C)CC2)cc1.COc1ccc(C[C@H](NC(=O)[C@H]2NCC[C@H]2O)C(=O)N[C@@H](Cc2ccccc2)C(=O)C2(C)CC2)cc1.COc1ccc(C[C@H](NC(=O)[C@H]2NCC[C@]2(C)O)C(=O)N[C@@H](Cc2ccccc2)C(=O)C2(C)CC2)cc1. The highest BCUT2D eigenvalue weighted by atomic mass is 16.5. The standard InChI is InChI=1S/3C29H37N3O5.C28H35N3O5/c3*1-28(13-14-28)25(33)22(17-19-7-5-4-6-8-19)31-26(34)23(18-20-9-11-21(37-3)12-10-20)32-27(35)24-29(2,36)15-16-30-24;1-28(13-14-28)25(33)21(16-18-6-4-3-5-7-18)30-26(34)22(17-19-8-10-20(36-2)11-9-19)31-27(35)24-23(32)12-15-29-24/h3*4-12,22-24,30,36H,13-18H2,1-3H3,(H,31,34)(H,32,35);3-11,21-24,29,32H,12-17H2,1-2H3,(H,30,34)(H,31,35)/t22-,23-,24+,29-;22-,23-,24-,29+;22-,23-,24-,29-;21-,22-,23+,24-/m0000/s1. The van der Waals surface area contributed by atoms with Gasteiger partial charge in [0.2, 0.25) is 47.3 Å². The average Bonchev–Trinajstić information content (AvgIpc) is 1.65. The molecule has 8 aromatic carbocycles. The Morgan fingerprint density at radius 1 is 0.265 bits per heavy atom. The van der Waals surface area contributed by atoms with Gasteiger partial charge in [-0.25, -0.2) is 0 Å². The van der Waals surface area contributed by atoms with Crippen LogP contribution in [0.4, 0.5) is 0 Å². The minimum absolute atomic E-state index is 0.0135. The zero-order valence-corrected chi connectivity index (χ0v) is 86.1. The molecule has 16 atom stereocenters. The Morgan fingerprint density at radius 3 is 0.639 bits per heavy atom. The van der Waals surface area contributed by atoms with Crippen molar-refractivity contribution in [3.8, 4) is 23.0 Å². The maximum atomic E-state index is 13.6. The number of carbonyl (C=O) groups is 12. The van der Waals surface area contributed by atoms with Crippen LogP contribution < -0.4 is 82.7 Å². The van der Waals surface area contributed by atoms with Gasteiger partial charge in [0.15, 0.2) is 23.1 Å². The quantitative estimate of drug-likeness (QED) is 0.0177. The molecule has 0 unspecified atom stereocenters. The summed E-state index contributed by atoms with van der Waals surface area (Å²) in [5, 5.41) is 77.2. The van der Waals surface area contributed by atoms with E-state index < -0.39 is 164 Å². The summed E-state index contributed by atoms with van der Waals surface area (Å²) in [5.74, 6) is -0.693. The largest absolute Gasteiger partial charge is 0.497 e. The highest BCUT2D eigenvalue weighted by Gasteiger charge is 2.54. The number of benzene rings is 8. The predicted molar refractivity (Wildman–Crippen MR) is 556 cm³/mol. The van der Waals surface area contributed by atoms with E-state index in [1.807, 2.05) is 198 Å². The third-order valence-corrected chi connectivity index (χ3v) is 30.0. The lowest BCUT2D eigenvalue weighted by molar-refractivity contribution is -0.134. The number of aliphatic hydroxyl groups is 4. The van der Waals surface area contributed by atoms with Crippen LogP contribution in [-0.2, 0) is 109 Å². The molecular formula is C115H146N12O20. The predicted octanol–water partition coefficient (Wildman–Crippen LogP) is 7.34. The van der Waals surface area contributed by atoms with Gasteiger partial charge in [-0.05, 0) is 243 Å². The fraction of sp³-hybridized carbons (Fsp3) is 0.478. The second kappa shape index (κ2) is 49.7. The number of rotatable bonds is 44. The summed E-state index contributed by atoms with van der Waals surface area (Å²) in [6.07, 6.45) is 9.85. The Kier molecular flexibility index (Phi) is 37.6. The first kappa shape index (κ1) is 111. The summed E-state index contributed by atoms with van der Waals surface area (Å²) < 4.78 is 20.9. The molecule has 4 heterocycles. The fourth-order valence-corrected chi connectivity index (χ4v) is 19.2. The van der Waals surface area contributed by atoms with Crippen molar-refractivity contribution in [2.75, 3.05) is 54.6 Å². The molecule has 4 aliphatic heterocycles. The molecule has 0 bridgehead atoms. The Hall–Kier alpha value is -12.9. The number of hydrogen-bond acceptors (Lipinski definition) is 24. The molecule has 8 aliphatic rings. The number of methoxy groups -OCH3 is 4. The first-order valence-electron chi connectivity index (χ1n) is 51.2. The normalized spacial score (nSPS) is 23.1. The Morgan fingerprint density at radius 2 is 0.463 bits per heavy atom. The summed E-state index contributed by atoms with van der Waals surface area (Å²) in [5.41, 5.74) is 1.80. The molecule has 16 N–H and O–H groups in total. The van der Waals surface area contributed by atoms with Crippen molar-refractivity contribution in [2.24, 2.45) is 21.7 Å². The van der Waals surface area contributed by atoms with E-state index in [0.717, 1.165) is 95.9 Å².